The zero-order valence-corrected chi connectivity index (χ0v) is 11.2. The Labute approximate surface area is 119 Å². The highest BCUT2D eigenvalue weighted by atomic mass is 16.4. The lowest BCUT2D eigenvalue weighted by Crippen LogP contribution is -2.51. The lowest BCUT2D eigenvalue weighted by Gasteiger charge is -2.16. The Morgan fingerprint density at radius 3 is 2.62 bits per heavy atom. The van der Waals surface area contributed by atoms with Gasteiger partial charge in [0.2, 0.25) is 11.8 Å². The number of carbonyl (C=O) groups excluding carboxylic acids is 1. The minimum absolute atomic E-state index is 0.0158. The van der Waals surface area contributed by atoms with E-state index in [1.54, 1.807) is 0 Å². The number of carboxylic acid groups (broad SMARTS) is 1. The van der Waals surface area contributed by atoms with E-state index in [9.17, 15) is 14.7 Å². The number of hydrogen-bond acceptors (Lipinski definition) is 8. The number of amides is 2. The Kier molecular flexibility index (Phi) is 6.02. The predicted molar refractivity (Wildman–Crippen MR) is 66.8 cm³/mol. The van der Waals surface area contributed by atoms with Crippen molar-refractivity contribution >= 4 is 12.0 Å². The van der Waals surface area contributed by atoms with E-state index in [4.69, 9.17) is 20.4 Å². The zero-order valence-electron chi connectivity index (χ0n) is 11.2. The van der Waals surface area contributed by atoms with Crippen LogP contribution in [-0.4, -0.2) is 56.3 Å². The summed E-state index contributed by atoms with van der Waals surface area (Å²) in [6.45, 7) is 0.701. The molecule has 11 nitrogen and oxygen atoms in total. The SMILES string of the molecule is CC(O)C(NC(=O)NCc1nnc(C(N)CO)o1)C(=O)O. The molecule has 1 rings (SSSR count). The molecular formula is C10H17N5O6. The third kappa shape index (κ3) is 4.98. The predicted octanol–water partition coefficient (Wildman–Crippen LogP) is -2.31. The van der Waals surface area contributed by atoms with Crippen molar-refractivity contribution in [2.45, 2.75) is 31.7 Å². The molecule has 0 spiro atoms. The van der Waals surface area contributed by atoms with E-state index in [0.29, 0.717) is 0 Å². The number of urea groups is 1. The van der Waals surface area contributed by atoms with Gasteiger partial charge in [0.25, 0.3) is 0 Å². The van der Waals surface area contributed by atoms with Crippen LogP contribution in [0.5, 0.6) is 0 Å². The molecule has 3 atom stereocenters. The standard InChI is InChI=1S/C10H17N5O6/c1-4(17)7(9(18)19)13-10(20)12-2-6-14-15-8(21-6)5(11)3-16/h4-5,7,16-17H,2-3,11H2,1H3,(H,18,19)(H2,12,13,20). The summed E-state index contributed by atoms with van der Waals surface area (Å²) >= 11 is 0. The van der Waals surface area contributed by atoms with Gasteiger partial charge in [0.15, 0.2) is 6.04 Å². The van der Waals surface area contributed by atoms with Gasteiger partial charge in [-0.25, -0.2) is 9.59 Å². The Morgan fingerprint density at radius 2 is 2.10 bits per heavy atom. The van der Waals surface area contributed by atoms with Crippen molar-refractivity contribution in [3.8, 4) is 0 Å². The first-order valence-corrected chi connectivity index (χ1v) is 5.99. The van der Waals surface area contributed by atoms with Crippen molar-refractivity contribution in [3.05, 3.63) is 11.8 Å². The minimum Gasteiger partial charge on any atom is -0.480 e. The van der Waals surface area contributed by atoms with Gasteiger partial charge in [-0.3, -0.25) is 0 Å². The van der Waals surface area contributed by atoms with Crippen LogP contribution in [0.4, 0.5) is 4.79 Å². The summed E-state index contributed by atoms with van der Waals surface area (Å²) in [6, 6.07) is -3.08. The number of hydrogen-bond donors (Lipinski definition) is 6. The monoisotopic (exact) mass is 303 g/mol. The molecule has 0 radical (unpaired) electrons. The summed E-state index contributed by atoms with van der Waals surface area (Å²) in [5, 5.41) is 38.3. The van der Waals surface area contributed by atoms with E-state index in [1.165, 1.54) is 6.92 Å². The highest BCUT2D eigenvalue weighted by molar-refractivity contribution is 5.82. The molecule has 2 amide bonds. The van der Waals surface area contributed by atoms with Crippen LogP contribution >= 0.6 is 0 Å². The van der Waals surface area contributed by atoms with Gasteiger partial charge in [-0.05, 0) is 6.92 Å². The number of nitrogens with zero attached hydrogens (tertiary/aromatic N) is 2. The molecule has 118 valence electrons. The third-order valence-electron chi connectivity index (χ3n) is 2.43. The number of aliphatic hydroxyl groups excluding tert-OH is 2. The van der Waals surface area contributed by atoms with Crippen molar-refractivity contribution in [1.82, 2.24) is 20.8 Å². The van der Waals surface area contributed by atoms with Gasteiger partial charge in [0, 0.05) is 0 Å². The molecule has 1 aromatic heterocycles. The average molecular weight is 303 g/mol. The molecule has 0 bridgehead atoms. The molecule has 21 heavy (non-hydrogen) atoms. The van der Waals surface area contributed by atoms with Crippen molar-refractivity contribution in [3.63, 3.8) is 0 Å². The Balaban J connectivity index is 2.49. The first-order valence-electron chi connectivity index (χ1n) is 5.99. The Hall–Kier alpha value is -2.24. The number of carboxylic acids is 1. The second-order valence-electron chi connectivity index (χ2n) is 4.21. The Bertz CT molecular complexity index is 490. The van der Waals surface area contributed by atoms with E-state index >= 15 is 0 Å². The summed E-state index contributed by atoms with van der Waals surface area (Å²) in [7, 11) is 0. The molecule has 11 heteroatoms. The lowest BCUT2D eigenvalue weighted by atomic mass is 10.2. The fourth-order valence-electron chi connectivity index (χ4n) is 1.30. The van der Waals surface area contributed by atoms with Crippen LogP contribution in [-0.2, 0) is 11.3 Å². The summed E-state index contributed by atoms with van der Waals surface area (Å²) in [6.07, 6.45) is -1.26. The van der Waals surface area contributed by atoms with E-state index < -0.39 is 30.2 Å². The molecule has 0 saturated heterocycles. The van der Waals surface area contributed by atoms with Crippen LogP contribution in [0.1, 0.15) is 24.7 Å². The number of rotatable bonds is 7. The smallest absolute Gasteiger partial charge is 0.328 e. The van der Waals surface area contributed by atoms with Gasteiger partial charge >= 0.3 is 12.0 Å². The van der Waals surface area contributed by atoms with Gasteiger partial charge < -0.3 is 36.1 Å². The van der Waals surface area contributed by atoms with Gasteiger partial charge in [0.1, 0.15) is 6.04 Å². The average Bonchev–Trinajstić information content (AvgIpc) is 2.89. The molecule has 0 aliphatic rings. The molecule has 0 aliphatic carbocycles. The number of aliphatic hydroxyl groups is 2. The van der Waals surface area contributed by atoms with Crippen molar-refractivity contribution in [1.29, 1.82) is 0 Å². The van der Waals surface area contributed by atoms with Crippen LogP contribution in [0.25, 0.3) is 0 Å². The second kappa shape index (κ2) is 7.52. The first-order chi connectivity index (χ1) is 9.85. The number of nitrogens with two attached hydrogens (primary N) is 1. The fraction of sp³-hybridized carbons (Fsp3) is 0.600. The zero-order chi connectivity index (χ0) is 16.0. The maximum atomic E-state index is 11.5. The number of carbonyl (C=O) groups is 2. The summed E-state index contributed by atoms with van der Waals surface area (Å²) in [5.41, 5.74) is 5.46. The molecule has 0 aliphatic heterocycles. The number of nitrogens with one attached hydrogen (secondary N) is 2. The lowest BCUT2D eigenvalue weighted by molar-refractivity contribution is -0.141. The van der Waals surface area contributed by atoms with E-state index in [-0.39, 0.29) is 24.9 Å². The van der Waals surface area contributed by atoms with Crippen LogP contribution in [0.15, 0.2) is 4.42 Å². The van der Waals surface area contributed by atoms with Crippen molar-refractivity contribution in [2.75, 3.05) is 6.61 Å². The molecule has 7 N–H and O–H groups in total. The van der Waals surface area contributed by atoms with Gasteiger partial charge in [-0.2, -0.15) is 0 Å². The molecule has 1 heterocycles. The minimum atomic E-state index is -1.44. The largest absolute Gasteiger partial charge is 0.480 e. The van der Waals surface area contributed by atoms with E-state index in [1.807, 2.05) is 0 Å². The molecule has 0 saturated carbocycles. The molecule has 0 aromatic carbocycles. The Morgan fingerprint density at radius 1 is 1.43 bits per heavy atom. The molecular weight excluding hydrogens is 286 g/mol. The van der Waals surface area contributed by atoms with Gasteiger partial charge in [-0.15, -0.1) is 10.2 Å². The van der Waals surface area contributed by atoms with Crippen LogP contribution in [0.3, 0.4) is 0 Å². The van der Waals surface area contributed by atoms with Crippen LogP contribution in [0, 0.1) is 0 Å². The maximum Gasteiger partial charge on any atom is 0.328 e. The molecule has 1 aromatic rings. The van der Waals surface area contributed by atoms with Gasteiger partial charge in [0.05, 0.1) is 19.3 Å². The normalized spacial score (nSPS) is 15.0. The van der Waals surface area contributed by atoms with Crippen LogP contribution < -0.4 is 16.4 Å². The maximum absolute atomic E-state index is 11.5. The third-order valence-corrected chi connectivity index (χ3v) is 2.43. The van der Waals surface area contributed by atoms with E-state index in [2.05, 4.69) is 20.8 Å². The summed E-state index contributed by atoms with van der Waals surface area (Å²) in [4.78, 5) is 22.3. The topological polar surface area (TPSA) is 184 Å². The van der Waals surface area contributed by atoms with Crippen LogP contribution in [0.2, 0.25) is 0 Å². The van der Waals surface area contributed by atoms with E-state index in [0.717, 1.165) is 0 Å². The highest BCUT2D eigenvalue weighted by Gasteiger charge is 2.25. The fourth-order valence-corrected chi connectivity index (χ4v) is 1.30. The summed E-state index contributed by atoms with van der Waals surface area (Å²) < 4.78 is 5.07. The second-order valence-corrected chi connectivity index (χ2v) is 4.21. The van der Waals surface area contributed by atoms with Gasteiger partial charge in [-0.1, -0.05) is 0 Å². The molecule has 0 fully saturated rings. The number of aliphatic carboxylic acids is 1. The quantitative estimate of drug-likeness (QED) is 0.322. The van der Waals surface area contributed by atoms with Crippen molar-refractivity contribution < 1.29 is 29.3 Å². The first kappa shape index (κ1) is 16.8. The summed E-state index contributed by atoms with van der Waals surface area (Å²) in [5.74, 6) is -1.32. The number of aromatic nitrogens is 2. The van der Waals surface area contributed by atoms with Crippen molar-refractivity contribution in [2.24, 2.45) is 5.73 Å². The highest BCUT2D eigenvalue weighted by Crippen LogP contribution is 2.07. The molecule has 3 unspecified atom stereocenters.